The lowest BCUT2D eigenvalue weighted by Crippen LogP contribution is -2.59. The first-order valence-corrected chi connectivity index (χ1v) is 7.92. The first kappa shape index (κ1) is 14.9. The van der Waals surface area contributed by atoms with Gasteiger partial charge in [0.15, 0.2) is 11.1 Å². The monoisotopic (exact) mass is 298 g/mol. The molecule has 2 aliphatic heterocycles. The molecule has 0 aliphatic carbocycles. The van der Waals surface area contributed by atoms with Crippen molar-refractivity contribution in [2.24, 2.45) is 0 Å². The molecule has 0 amide bonds. The highest BCUT2D eigenvalue weighted by Gasteiger charge is 2.45. The number of ether oxygens (including phenoxy) is 2. The summed E-state index contributed by atoms with van der Waals surface area (Å²) in [5, 5.41) is 38.1. The fourth-order valence-electron chi connectivity index (χ4n) is 1.83. The maximum Gasteiger partial charge on any atom is 0.189 e. The van der Waals surface area contributed by atoms with E-state index >= 15 is 0 Å². The van der Waals surface area contributed by atoms with E-state index in [1.807, 2.05) is 0 Å². The van der Waals surface area contributed by atoms with Crippen LogP contribution in [-0.2, 0) is 9.47 Å². The predicted octanol–water partition coefficient (Wildman–Crippen LogP) is -1.04. The standard InChI is InChI=1S/C10H18O6S2/c11-4-5-6(12)7(13)8(14)9(15-5)16-10-17-2-1-3-18-10/h5-14H,1-4H2/t5-,6-,7+,8-,9-/m1/s1. The maximum atomic E-state index is 9.79. The number of hydrogen-bond donors (Lipinski definition) is 4. The van der Waals surface area contributed by atoms with Gasteiger partial charge in [-0.05, 0) is 17.9 Å². The molecule has 0 radical (unpaired) electrons. The molecule has 0 aromatic heterocycles. The van der Waals surface area contributed by atoms with E-state index in [4.69, 9.17) is 14.6 Å². The van der Waals surface area contributed by atoms with Crippen molar-refractivity contribution in [3.63, 3.8) is 0 Å². The second-order valence-corrected chi connectivity index (χ2v) is 6.86. The Hall–Kier alpha value is 0.460. The molecule has 6 nitrogen and oxygen atoms in total. The molecule has 0 unspecified atom stereocenters. The maximum absolute atomic E-state index is 9.79. The lowest BCUT2D eigenvalue weighted by Gasteiger charge is -2.40. The van der Waals surface area contributed by atoms with Crippen LogP contribution in [0.5, 0.6) is 0 Å². The summed E-state index contributed by atoms with van der Waals surface area (Å²) < 4.78 is 10.7. The smallest absolute Gasteiger partial charge is 0.189 e. The Morgan fingerprint density at radius 3 is 2.33 bits per heavy atom. The highest BCUT2D eigenvalue weighted by atomic mass is 32.2. The molecule has 0 bridgehead atoms. The Kier molecular flexibility index (Phi) is 5.58. The van der Waals surface area contributed by atoms with Gasteiger partial charge < -0.3 is 29.9 Å². The number of hydrogen-bond acceptors (Lipinski definition) is 8. The van der Waals surface area contributed by atoms with Crippen molar-refractivity contribution in [1.29, 1.82) is 0 Å². The second kappa shape index (κ2) is 6.76. The summed E-state index contributed by atoms with van der Waals surface area (Å²) in [4.78, 5) is 0. The van der Waals surface area contributed by atoms with E-state index in [0.29, 0.717) is 0 Å². The van der Waals surface area contributed by atoms with Crippen molar-refractivity contribution < 1.29 is 29.9 Å². The van der Waals surface area contributed by atoms with Crippen LogP contribution in [0.4, 0.5) is 0 Å². The van der Waals surface area contributed by atoms with Crippen LogP contribution in [0.2, 0.25) is 0 Å². The Balaban J connectivity index is 1.93. The molecule has 2 fully saturated rings. The number of rotatable bonds is 3. The van der Waals surface area contributed by atoms with Crippen LogP contribution in [0.15, 0.2) is 0 Å². The van der Waals surface area contributed by atoms with Crippen molar-refractivity contribution in [1.82, 2.24) is 0 Å². The molecule has 2 aliphatic rings. The van der Waals surface area contributed by atoms with Crippen LogP contribution in [0.1, 0.15) is 6.42 Å². The van der Waals surface area contributed by atoms with E-state index < -0.39 is 37.3 Å². The molecule has 106 valence electrons. The summed E-state index contributed by atoms with van der Waals surface area (Å²) in [5.41, 5.74) is 0. The fourth-order valence-corrected chi connectivity index (χ4v) is 4.36. The molecule has 8 heteroatoms. The van der Waals surface area contributed by atoms with Gasteiger partial charge >= 0.3 is 0 Å². The van der Waals surface area contributed by atoms with Gasteiger partial charge in [0.2, 0.25) is 0 Å². The van der Waals surface area contributed by atoms with Crippen LogP contribution in [-0.4, -0.2) is 74.0 Å². The zero-order chi connectivity index (χ0) is 13.1. The minimum Gasteiger partial charge on any atom is -0.394 e. The first-order chi connectivity index (χ1) is 8.63. The lowest BCUT2D eigenvalue weighted by atomic mass is 9.99. The lowest BCUT2D eigenvalue weighted by molar-refractivity contribution is -0.298. The van der Waals surface area contributed by atoms with E-state index in [9.17, 15) is 15.3 Å². The van der Waals surface area contributed by atoms with Gasteiger partial charge in [0.25, 0.3) is 0 Å². The molecule has 18 heavy (non-hydrogen) atoms. The summed E-state index contributed by atoms with van der Waals surface area (Å²) in [6, 6.07) is 0. The molecule has 0 spiro atoms. The average Bonchev–Trinajstić information content (AvgIpc) is 2.40. The third-order valence-corrected chi connectivity index (χ3v) is 5.52. The number of aliphatic hydroxyl groups is 4. The molecule has 0 saturated carbocycles. The Labute approximate surface area is 114 Å². The van der Waals surface area contributed by atoms with Gasteiger partial charge in [0.1, 0.15) is 24.4 Å². The summed E-state index contributed by atoms with van der Waals surface area (Å²) in [6.45, 7) is -0.435. The van der Waals surface area contributed by atoms with Crippen LogP contribution >= 0.6 is 23.5 Å². The number of aliphatic hydroxyl groups excluding tert-OH is 4. The third kappa shape index (κ3) is 3.31. The van der Waals surface area contributed by atoms with Gasteiger partial charge in [-0.25, -0.2) is 0 Å². The SMILES string of the molecule is OC[C@H]1O[C@H](OC2SCCCS2)[C@H](O)[C@@H](O)[C@@H]1O. The summed E-state index contributed by atoms with van der Waals surface area (Å²) in [7, 11) is 0. The van der Waals surface area contributed by atoms with Gasteiger partial charge in [0, 0.05) is 0 Å². The zero-order valence-corrected chi connectivity index (χ0v) is 11.3. The van der Waals surface area contributed by atoms with Crippen LogP contribution in [0.25, 0.3) is 0 Å². The third-order valence-electron chi connectivity index (χ3n) is 2.89. The van der Waals surface area contributed by atoms with E-state index in [1.165, 1.54) is 0 Å². The average molecular weight is 298 g/mol. The van der Waals surface area contributed by atoms with Crippen molar-refractivity contribution >= 4 is 23.5 Å². The predicted molar refractivity (Wildman–Crippen MR) is 68.2 cm³/mol. The molecule has 4 N–H and O–H groups in total. The highest BCUT2D eigenvalue weighted by Crippen LogP contribution is 2.34. The Morgan fingerprint density at radius 1 is 1.06 bits per heavy atom. The van der Waals surface area contributed by atoms with Crippen LogP contribution in [0, 0.1) is 0 Å². The van der Waals surface area contributed by atoms with E-state index in [1.54, 1.807) is 23.5 Å². The summed E-state index contributed by atoms with van der Waals surface area (Å²) >= 11 is 3.23. The molecule has 2 heterocycles. The first-order valence-electron chi connectivity index (χ1n) is 5.82. The summed E-state index contributed by atoms with van der Waals surface area (Å²) in [5.74, 6) is 1.96. The molecule has 0 aromatic rings. The molecule has 2 rings (SSSR count). The Bertz CT molecular complexity index is 261. The molecule has 5 atom stereocenters. The molecule has 2 saturated heterocycles. The molecular weight excluding hydrogens is 280 g/mol. The van der Waals surface area contributed by atoms with Gasteiger partial charge in [-0.3, -0.25) is 0 Å². The number of thioether (sulfide) groups is 2. The van der Waals surface area contributed by atoms with E-state index in [-0.39, 0.29) is 4.77 Å². The second-order valence-electron chi connectivity index (χ2n) is 4.22. The van der Waals surface area contributed by atoms with Crippen molar-refractivity contribution in [2.45, 2.75) is 41.9 Å². The van der Waals surface area contributed by atoms with E-state index in [0.717, 1.165) is 17.9 Å². The minimum absolute atomic E-state index is 0.153. The largest absolute Gasteiger partial charge is 0.394 e. The zero-order valence-electron chi connectivity index (χ0n) is 9.71. The molecular formula is C10H18O6S2. The normalized spacial score (nSPS) is 43.0. The van der Waals surface area contributed by atoms with E-state index in [2.05, 4.69) is 0 Å². The minimum atomic E-state index is -1.38. The van der Waals surface area contributed by atoms with Crippen molar-refractivity contribution in [3.8, 4) is 0 Å². The topological polar surface area (TPSA) is 99.4 Å². The van der Waals surface area contributed by atoms with Crippen molar-refractivity contribution in [2.75, 3.05) is 18.1 Å². The van der Waals surface area contributed by atoms with Crippen molar-refractivity contribution in [3.05, 3.63) is 0 Å². The van der Waals surface area contributed by atoms with Crippen LogP contribution < -0.4 is 0 Å². The van der Waals surface area contributed by atoms with Gasteiger partial charge in [-0.1, -0.05) is 0 Å². The fraction of sp³-hybridized carbons (Fsp3) is 1.00. The Morgan fingerprint density at radius 2 is 1.72 bits per heavy atom. The molecule has 0 aromatic carbocycles. The van der Waals surface area contributed by atoms with Gasteiger partial charge in [-0.15, -0.1) is 23.5 Å². The van der Waals surface area contributed by atoms with Gasteiger partial charge in [0.05, 0.1) is 6.61 Å². The summed E-state index contributed by atoms with van der Waals surface area (Å²) in [6.07, 6.45) is -4.85. The highest BCUT2D eigenvalue weighted by molar-refractivity contribution is 8.17. The van der Waals surface area contributed by atoms with Gasteiger partial charge in [-0.2, -0.15) is 0 Å². The quantitative estimate of drug-likeness (QED) is 0.524. The van der Waals surface area contributed by atoms with Crippen LogP contribution in [0.3, 0.4) is 0 Å².